The molecular formula is C30H33N3O8S. The third kappa shape index (κ3) is 6.60. The molecule has 42 heavy (non-hydrogen) atoms. The Morgan fingerprint density at radius 3 is 2.60 bits per heavy atom. The molecule has 1 atom stereocenters. The van der Waals surface area contributed by atoms with Gasteiger partial charge >= 0.3 is 5.97 Å². The fourth-order valence-electron chi connectivity index (χ4n) is 4.49. The molecule has 0 spiro atoms. The standard InChI is InChI=1S/C30H33N3O8S/c1-18(2)12-13-40-23-11-10-21(16-24(23)39-5)27-26(29(35)41-15-14-38-4)19(3)31-30-32(27)28(34)25(42-30)17-20-8-6-7-9-22(20)33(36)37/h6-11,16-18,27H,12-15H2,1-5H3/b25-17-. The third-order valence-electron chi connectivity index (χ3n) is 6.64. The zero-order valence-corrected chi connectivity index (χ0v) is 24.9. The molecule has 1 aromatic heterocycles. The predicted octanol–water partition coefficient (Wildman–Crippen LogP) is 3.77. The average molecular weight is 596 g/mol. The highest BCUT2D eigenvalue weighted by Crippen LogP contribution is 2.36. The van der Waals surface area contributed by atoms with Crippen LogP contribution in [0.25, 0.3) is 6.08 Å². The summed E-state index contributed by atoms with van der Waals surface area (Å²) in [5.74, 6) is 0.812. The molecule has 4 rings (SSSR count). The summed E-state index contributed by atoms with van der Waals surface area (Å²) in [7, 11) is 3.02. The van der Waals surface area contributed by atoms with E-state index in [4.69, 9.17) is 18.9 Å². The lowest BCUT2D eigenvalue weighted by Crippen LogP contribution is -2.40. The van der Waals surface area contributed by atoms with Crippen LogP contribution in [-0.2, 0) is 14.3 Å². The summed E-state index contributed by atoms with van der Waals surface area (Å²) in [6.45, 7) is 6.63. The lowest BCUT2D eigenvalue weighted by Gasteiger charge is -2.25. The minimum Gasteiger partial charge on any atom is -0.493 e. The van der Waals surface area contributed by atoms with Crippen LogP contribution in [0.4, 0.5) is 5.69 Å². The summed E-state index contributed by atoms with van der Waals surface area (Å²) < 4.78 is 23.7. The Kier molecular flexibility index (Phi) is 9.92. The van der Waals surface area contributed by atoms with Gasteiger partial charge in [-0.15, -0.1) is 0 Å². The van der Waals surface area contributed by atoms with Crippen molar-refractivity contribution in [2.45, 2.75) is 33.2 Å². The van der Waals surface area contributed by atoms with Crippen molar-refractivity contribution in [2.75, 3.05) is 34.0 Å². The van der Waals surface area contributed by atoms with Crippen molar-refractivity contribution in [3.05, 3.63) is 94.7 Å². The second-order valence-corrected chi connectivity index (χ2v) is 11.0. The van der Waals surface area contributed by atoms with E-state index in [-0.39, 0.29) is 34.6 Å². The van der Waals surface area contributed by atoms with Gasteiger partial charge in [-0.3, -0.25) is 19.5 Å². The van der Waals surface area contributed by atoms with Crippen molar-refractivity contribution in [2.24, 2.45) is 10.9 Å². The first-order valence-corrected chi connectivity index (χ1v) is 14.2. The molecule has 0 radical (unpaired) electrons. The van der Waals surface area contributed by atoms with E-state index in [1.165, 1.54) is 30.9 Å². The maximum Gasteiger partial charge on any atom is 0.338 e. The van der Waals surface area contributed by atoms with Gasteiger partial charge in [0.05, 0.1) is 52.7 Å². The fraction of sp³-hybridized carbons (Fsp3) is 0.367. The molecule has 0 amide bonds. The quantitative estimate of drug-likeness (QED) is 0.134. The van der Waals surface area contributed by atoms with E-state index in [1.807, 2.05) is 0 Å². The van der Waals surface area contributed by atoms with Gasteiger partial charge in [-0.1, -0.05) is 43.4 Å². The smallest absolute Gasteiger partial charge is 0.338 e. The first-order chi connectivity index (χ1) is 20.2. The highest BCUT2D eigenvalue weighted by Gasteiger charge is 2.34. The molecule has 1 unspecified atom stereocenters. The van der Waals surface area contributed by atoms with Gasteiger partial charge in [-0.25, -0.2) is 9.79 Å². The number of nitrogens with zero attached hydrogens (tertiary/aromatic N) is 3. The molecule has 0 bridgehead atoms. The highest BCUT2D eigenvalue weighted by atomic mass is 32.1. The first-order valence-electron chi connectivity index (χ1n) is 13.4. The van der Waals surface area contributed by atoms with Crippen LogP contribution in [0.2, 0.25) is 0 Å². The van der Waals surface area contributed by atoms with E-state index in [2.05, 4.69) is 18.8 Å². The maximum atomic E-state index is 13.9. The van der Waals surface area contributed by atoms with Crippen molar-refractivity contribution < 1.29 is 28.7 Å². The first kappa shape index (κ1) is 30.7. The van der Waals surface area contributed by atoms with Crippen molar-refractivity contribution in [3.63, 3.8) is 0 Å². The second-order valence-electron chi connectivity index (χ2n) is 9.97. The number of para-hydroxylation sites is 1. The molecule has 1 aliphatic rings. The van der Waals surface area contributed by atoms with Crippen LogP contribution >= 0.6 is 11.3 Å². The van der Waals surface area contributed by atoms with Gasteiger partial charge in [-0.2, -0.15) is 0 Å². The molecule has 0 saturated carbocycles. The van der Waals surface area contributed by atoms with Gasteiger partial charge < -0.3 is 18.9 Å². The highest BCUT2D eigenvalue weighted by molar-refractivity contribution is 7.07. The van der Waals surface area contributed by atoms with Gasteiger partial charge in [0.1, 0.15) is 6.61 Å². The normalized spacial score (nSPS) is 14.9. The van der Waals surface area contributed by atoms with Crippen LogP contribution in [0.1, 0.15) is 44.4 Å². The van der Waals surface area contributed by atoms with Gasteiger partial charge in [0.2, 0.25) is 0 Å². The summed E-state index contributed by atoms with van der Waals surface area (Å²) in [5, 5.41) is 11.6. The Bertz CT molecular complexity index is 1690. The molecule has 0 aliphatic carbocycles. The van der Waals surface area contributed by atoms with E-state index in [1.54, 1.807) is 43.3 Å². The molecule has 11 nitrogen and oxygen atoms in total. The minimum absolute atomic E-state index is 0.0207. The molecule has 0 saturated heterocycles. The molecule has 222 valence electrons. The number of ether oxygens (including phenoxy) is 4. The number of hydrogen-bond acceptors (Lipinski definition) is 10. The van der Waals surface area contributed by atoms with Crippen LogP contribution in [-0.4, -0.2) is 49.5 Å². The second kappa shape index (κ2) is 13.6. The van der Waals surface area contributed by atoms with Gasteiger partial charge in [0.25, 0.3) is 11.2 Å². The van der Waals surface area contributed by atoms with Crippen LogP contribution < -0.4 is 24.4 Å². The molecule has 0 fully saturated rings. The largest absolute Gasteiger partial charge is 0.493 e. The zero-order valence-electron chi connectivity index (χ0n) is 24.1. The number of rotatable bonds is 12. The number of nitro benzene ring substituents is 1. The lowest BCUT2D eigenvalue weighted by molar-refractivity contribution is -0.385. The summed E-state index contributed by atoms with van der Waals surface area (Å²) in [4.78, 5) is 43.3. The van der Waals surface area contributed by atoms with E-state index >= 15 is 0 Å². The molecule has 12 heteroatoms. The number of esters is 1. The Morgan fingerprint density at radius 2 is 1.90 bits per heavy atom. The van der Waals surface area contributed by atoms with E-state index in [0.717, 1.165) is 17.8 Å². The van der Waals surface area contributed by atoms with E-state index < -0.39 is 22.5 Å². The molecule has 0 N–H and O–H groups in total. The summed E-state index contributed by atoms with van der Waals surface area (Å²) >= 11 is 1.08. The topological polar surface area (TPSA) is 131 Å². The van der Waals surface area contributed by atoms with E-state index in [0.29, 0.717) is 40.1 Å². The van der Waals surface area contributed by atoms with Gasteiger partial charge in [0.15, 0.2) is 16.3 Å². The number of aromatic nitrogens is 1. The SMILES string of the molecule is COCCOC(=O)C1=C(C)N=c2s/c(=C\c3ccccc3[N+](=O)[O-])c(=O)n2C1c1ccc(OCCC(C)C)c(OC)c1. The van der Waals surface area contributed by atoms with Crippen LogP contribution in [0.3, 0.4) is 0 Å². The summed E-state index contributed by atoms with van der Waals surface area (Å²) in [5.41, 5.74) is 0.852. The molecule has 3 aromatic rings. The van der Waals surface area contributed by atoms with Crippen LogP contribution in [0.15, 0.2) is 63.5 Å². The number of hydrogen-bond donors (Lipinski definition) is 0. The fourth-order valence-corrected chi connectivity index (χ4v) is 5.53. The Balaban J connectivity index is 1.88. The number of nitro groups is 1. The minimum atomic E-state index is -0.900. The van der Waals surface area contributed by atoms with Crippen molar-refractivity contribution in [1.82, 2.24) is 4.57 Å². The van der Waals surface area contributed by atoms with Crippen molar-refractivity contribution >= 4 is 29.1 Å². The number of carbonyl (C=O) groups is 1. The average Bonchev–Trinajstić information content (AvgIpc) is 3.26. The number of methoxy groups -OCH3 is 2. The van der Waals surface area contributed by atoms with Crippen molar-refractivity contribution in [1.29, 1.82) is 0 Å². The van der Waals surface area contributed by atoms with E-state index in [9.17, 15) is 19.7 Å². The summed E-state index contributed by atoms with van der Waals surface area (Å²) in [6, 6.07) is 10.5. The number of carbonyl (C=O) groups excluding carboxylic acids is 1. The number of thiazole rings is 1. The Morgan fingerprint density at radius 1 is 1.14 bits per heavy atom. The number of allylic oxidation sites excluding steroid dienone is 1. The molecule has 2 heterocycles. The molecule has 1 aliphatic heterocycles. The van der Waals surface area contributed by atoms with Gasteiger partial charge in [-0.05, 0) is 49.1 Å². The third-order valence-corrected chi connectivity index (χ3v) is 7.62. The maximum absolute atomic E-state index is 13.9. The number of benzene rings is 2. The zero-order chi connectivity index (χ0) is 30.4. The van der Waals surface area contributed by atoms with Crippen LogP contribution in [0.5, 0.6) is 11.5 Å². The van der Waals surface area contributed by atoms with Crippen LogP contribution in [0, 0.1) is 16.0 Å². The molecule has 2 aromatic carbocycles. The lowest BCUT2D eigenvalue weighted by atomic mass is 9.95. The Hall–Kier alpha value is -4.29. The van der Waals surface area contributed by atoms with Gasteiger partial charge in [0, 0.05) is 13.2 Å². The Labute approximate surface area is 246 Å². The molecular weight excluding hydrogens is 562 g/mol. The van der Waals surface area contributed by atoms with Crippen molar-refractivity contribution in [3.8, 4) is 11.5 Å². The monoisotopic (exact) mass is 595 g/mol. The predicted molar refractivity (Wildman–Crippen MR) is 158 cm³/mol. The number of fused-ring (bicyclic) bond motifs is 1. The summed E-state index contributed by atoms with van der Waals surface area (Å²) in [6.07, 6.45) is 2.34.